The molecule has 0 saturated heterocycles. The Bertz CT molecular complexity index is 445. The lowest BCUT2D eigenvalue weighted by Gasteiger charge is -2.04. The van der Waals surface area contributed by atoms with Crippen molar-refractivity contribution in [3.63, 3.8) is 0 Å². The Morgan fingerprint density at radius 2 is 2.13 bits per heavy atom. The molecule has 0 aliphatic heterocycles. The summed E-state index contributed by atoms with van der Waals surface area (Å²) in [7, 11) is 0. The van der Waals surface area contributed by atoms with Crippen LogP contribution in [0.25, 0.3) is 0 Å². The predicted molar refractivity (Wildman–Crippen MR) is 59.6 cm³/mol. The molecule has 0 saturated carbocycles. The van der Waals surface area contributed by atoms with E-state index in [1.807, 2.05) is 29.0 Å². The SMILES string of the molecule is NN=Cc1nccn1Cc1ccccc1. The van der Waals surface area contributed by atoms with Gasteiger partial charge >= 0.3 is 0 Å². The molecule has 0 bridgehead atoms. The summed E-state index contributed by atoms with van der Waals surface area (Å²) in [5, 5.41) is 3.47. The molecule has 1 aromatic carbocycles. The molecule has 1 aromatic heterocycles. The van der Waals surface area contributed by atoms with E-state index >= 15 is 0 Å². The van der Waals surface area contributed by atoms with E-state index in [1.165, 1.54) is 5.56 Å². The van der Waals surface area contributed by atoms with Gasteiger partial charge in [-0.3, -0.25) is 0 Å². The molecule has 0 unspecified atom stereocenters. The number of benzene rings is 1. The van der Waals surface area contributed by atoms with Gasteiger partial charge in [0.05, 0.1) is 6.21 Å². The monoisotopic (exact) mass is 200 g/mol. The lowest BCUT2D eigenvalue weighted by molar-refractivity contribution is 0.789. The third-order valence-corrected chi connectivity index (χ3v) is 2.13. The third-order valence-electron chi connectivity index (χ3n) is 2.13. The average Bonchev–Trinajstić information content (AvgIpc) is 2.68. The molecule has 0 aliphatic rings. The largest absolute Gasteiger partial charge is 0.326 e. The van der Waals surface area contributed by atoms with E-state index < -0.39 is 0 Å². The number of imidazole rings is 1. The van der Waals surface area contributed by atoms with Crippen LogP contribution in [0.5, 0.6) is 0 Å². The highest BCUT2D eigenvalue weighted by molar-refractivity contribution is 5.74. The summed E-state index contributed by atoms with van der Waals surface area (Å²) in [5.74, 6) is 5.86. The number of rotatable bonds is 3. The van der Waals surface area contributed by atoms with E-state index in [0.29, 0.717) is 0 Å². The van der Waals surface area contributed by atoms with Gasteiger partial charge in [0.25, 0.3) is 0 Å². The Balaban J connectivity index is 2.21. The van der Waals surface area contributed by atoms with Crippen LogP contribution in [0.15, 0.2) is 47.8 Å². The van der Waals surface area contributed by atoms with Crippen molar-refractivity contribution in [2.24, 2.45) is 10.9 Å². The van der Waals surface area contributed by atoms with Gasteiger partial charge in [0.1, 0.15) is 0 Å². The second-order valence-corrected chi connectivity index (χ2v) is 3.18. The third kappa shape index (κ3) is 2.22. The number of nitrogens with zero attached hydrogens (tertiary/aromatic N) is 3. The lowest BCUT2D eigenvalue weighted by Crippen LogP contribution is -2.04. The number of nitrogens with two attached hydrogens (primary N) is 1. The maximum atomic E-state index is 5.10. The van der Waals surface area contributed by atoms with Crippen LogP contribution in [0.1, 0.15) is 11.4 Å². The number of aromatic nitrogens is 2. The zero-order valence-electron chi connectivity index (χ0n) is 8.24. The molecule has 0 atom stereocenters. The molecule has 0 aliphatic carbocycles. The average molecular weight is 200 g/mol. The molecule has 2 N–H and O–H groups in total. The van der Waals surface area contributed by atoms with E-state index in [4.69, 9.17) is 5.84 Å². The van der Waals surface area contributed by atoms with Gasteiger partial charge in [0.15, 0.2) is 5.82 Å². The van der Waals surface area contributed by atoms with Crippen molar-refractivity contribution in [3.05, 3.63) is 54.1 Å². The van der Waals surface area contributed by atoms with Gasteiger partial charge in [-0.25, -0.2) is 4.98 Å². The second-order valence-electron chi connectivity index (χ2n) is 3.18. The van der Waals surface area contributed by atoms with Crippen LogP contribution < -0.4 is 5.84 Å². The number of hydrogen-bond acceptors (Lipinski definition) is 3. The maximum absolute atomic E-state index is 5.10. The van der Waals surface area contributed by atoms with Crippen molar-refractivity contribution >= 4 is 6.21 Å². The fourth-order valence-corrected chi connectivity index (χ4v) is 1.43. The van der Waals surface area contributed by atoms with Gasteiger partial charge < -0.3 is 10.4 Å². The van der Waals surface area contributed by atoms with Gasteiger partial charge in [-0.2, -0.15) is 5.10 Å². The van der Waals surface area contributed by atoms with Gasteiger partial charge in [-0.15, -0.1) is 0 Å². The summed E-state index contributed by atoms with van der Waals surface area (Å²) in [6.07, 6.45) is 5.19. The van der Waals surface area contributed by atoms with Crippen molar-refractivity contribution in [1.82, 2.24) is 9.55 Å². The molecule has 0 radical (unpaired) electrons. The predicted octanol–water partition coefficient (Wildman–Crippen LogP) is 1.22. The highest BCUT2D eigenvalue weighted by Crippen LogP contribution is 2.03. The Kier molecular flexibility index (Phi) is 2.78. The summed E-state index contributed by atoms with van der Waals surface area (Å²) in [6, 6.07) is 10.2. The Morgan fingerprint density at radius 3 is 2.87 bits per heavy atom. The zero-order valence-corrected chi connectivity index (χ0v) is 8.24. The first-order valence-corrected chi connectivity index (χ1v) is 4.68. The molecular formula is C11H12N4. The van der Waals surface area contributed by atoms with Crippen molar-refractivity contribution in [2.45, 2.75) is 6.54 Å². The van der Waals surface area contributed by atoms with Crippen LogP contribution in [0.4, 0.5) is 0 Å². The van der Waals surface area contributed by atoms with Crippen LogP contribution in [0, 0.1) is 0 Å². The Labute approximate surface area is 88.1 Å². The molecule has 76 valence electrons. The van der Waals surface area contributed by atoms with Crippen LogP contribution in [-0.2, 0) is 6.54 Å². The van der Waals surface area contributed by atoms with Crippen LogP contribution in [0.3, 0.4) is 0 Å². The van der Waals surface area contributed by atoms with E-state index in [-0.39, 0.29) is 0 Å². The van der Waals surface area contributed by atoms with Crippen molar-refractivity contribution in [1.29, 1.82) is 0 Å². The molecule has 2 rings (SSSR count). The Morgan fingerprint density at radius 1 is 1.33 bits per heavy atom. The molecule has 4 heteroatoms. The minimum atomic E-state index is 0.765. The lowest BCUT2D eigenvalue weighted by atomic mass is 10.2. The van der Waals surface area contributed by atoms with Crippen LogP contribution in [-0.4, -0.2) is 15.8 Å². The van der Waals surface area contributed by atoms with Crippen molar-refractivity contribution in [2.75, 3.05) is 0 Å². The molecular weight excluding hydrogens is 188 g/mol. The standard InChI is InChI=1S/C11H12N4/c12-14-8-11-13-6-7-15(11)9-10-4-2-1-3-5-10/h1-8H,9,12H2. The number of hydrazone groups is 1. The van der Waals surface area contributed by atoms with Gasteiger partial charge in [0, 0.05) is 18.9 Å². The van der Waals surface area contributed by atoms with Crippen LogP contribution >= 0.6 is 0 Å². The number of hydrogen-bond donors (Lipinski definition) is 1. The summed E-state index contributed by atoms with van der Waals surface area (Å²) < 4.78 is 1.99. The minimum absolute atomic E-state index is 0.765. The normalized spacial score (nSPS) is 10.9. The van der Waals surface area contributed by atoms with E-state index in [1.54, 1.807) is 12.4 Å². The quantitative estimate of drug-likeness (QED) is 0.460. The van der Waals surface area contributed by atoms with Crippen molar-refractivity contribution in [3.8, 4) is 0 Å². The molecule has 4 nitrogen and oxygen atoms in total. The van der Waals surface area contributed by atoms with E-state index in [0.717, 1.165) is 12.4 Å². The van der Waals surface area contributed by atoms with Gasteiger partial charge in [-0.05, 0) is 5.56 Å². The highest BCUT2D eigenvalue weighted by atomic mass is 15.1. The first-order chi connectivity index (χ1) is 7.40. The van der Waals surface area contributed by atoms with Gasteiger partial charge in [-0.1, -0.05) is 30.3 Å². The molecule has 2 aromatic rings. The molecule has 0 amide bonds. The summed E-state index contributed by atoms with van der Waals surface area (Å²) in [5.41, 5.74) is 1.22. The molecule has 0 fully saturated rings. The first-order valence-electron chi connectivity index (χ1n) is 4.68. The zero-order chi connectivity index (χ0) is 10.5. The van der Waals surface area contributed by atoms with E-state index in [2.05, 4.69) is 22.2 Å². The fraction of sp³-hybridized carbons (Fsp3) is 0.0909. The summed E-state index contributed by atoms with van der Waals surface area (Å²) in [4.78, 5) is 4.14. The van der Waals surface area contributed by atoms with Crippen molar-refractivity contribution < 1.29 is 0 Å². The van der Waals surface area contributed by atoms with Gasteiger partial charge in [0.2, 0.25) is 0 Å². The molecule has 15 heavy (non-hydrogen) atoms. The molecule has 0 spiro atoms. The smallest absolute Gasteiger partial charge is 0.153 e. The topological polar surface area (TPSA) is 56.2 Å². The van der Waals surface area contributed by atoms with E-state index in [9.17, 15) is 0 Å². The Hall–Kier alpha value is -2.10. The fourth-order valence-electron chi connectivity index (χ4n) is 1.43. The maximum Gasteiger partial charge on any atom is 0.153 e. The summed E-state index contributed by atoms with van der Waals surface area (Å²) in [6.45, 7) is 0.780. The summed E-state index contributed by atoms with van der Waals surface area (Å²) >= 11 is 0. The highest BCUT2D eigenvalue weighted by Gasteiger charge is 1.99. The minimum Gasteiger partial charge on any atom is -0.326 e. The second kappa shape index (κ2) is 4.41. The first kappa shape index (κ1) is 9.45. The molecule has 1 heterocycles. The van der Waals surface area contributed by atoms with Crippen LogP contribution in [0.2, 0.25) is 0 Å².